The number of nitrogens with zero attached hydrogens (tertiary/aromatic N) is 3. The highest BCUT2D eigenvalue weighted by Crippen LogP contribution is 2.52. The van der Waals surface area contributed by atoms with Crippen LogP contribution in [-0.4, -0.2) is 116 Å². The molecular weight excluding hydrogens is 844 g/mol. The molecule has 1 amide bonds. The molecular formula is C47H78F3N9O4S. The molecule has 0 aromatic carbocycles. The Bertz CT molecular complexity index is 1590. The van der Waals surface area contributed by atoms with Crippen LogP contribution < -0.4 is 32.3 Å². The predicted octanol–water partition coefficient (Wildman–Crippen LogP) is 6.51. The number of hydrazine groups is 2. The van der Waals surface area contributed by atoms with Crippen molar-refractivity contribution in [2.24, 2.45) is 45.9 Å². The van der Waals surface area contributed by atoms with Gasteiger partial charge in [-0.3, -0.25) is 30.2 Å². The lowest BCUT2D eigenvalue weighted by Crippen LogP contribution is -2.62. The van der Waals surface area contributed by atoms with Gasteiger partial charge in [-0.2, -0.15) is 5.26 Å². The quantitative estimate of drug-likeness (QED) is 0.112. The summed E-state index contributed by atoms with van der Waals surface area (Å²) < 4.78 is 55.0. The molecule has 3 saturated heterocycles. The summed E-state index contributed by atoms with van der Waals surface area (Å²) in [6.07, 6.45) is 11.4. The molecule has 4 heterocycles. The molecule has 11 atom stereocenters. The fourth-order valence-electron chi connectivity index (χ4n) is 13.2. The maximum absolute atomic E-state index is 13.4. The molecule has 8 rings (SSSR count). The monoisotopic (exact) mass is 922 g/mol. The number of carbonyl (C=O) groups excluding carboxylic acids is 1. The molecule has 6 N–H and O–H groups in total. The Labute approximate surface area is 384 Å². The van der Waals surface area contributed by atoms with Gasteiger partial charge in [-0.1, -0.05) is 20.8 Å². The first kappa shape index (κ1) is 48.9. The van der Waals surface area contributed by atoms with Gasteiger partial charge in [0.25, 0.3) is 0 Å². The Kier molecular flexibility index (Phi) is 16.6. The Morgan fingerprint density at radius 1 is 0.953 bits per heavy atom. The number of amides is 1. The van der Waals surface area contributed by atoms with Crippen LogP contribution in [0.5, 0.6) is 0 Å². The number of alkyl halides is 3. The van der Waals surface area contributed by atoms with E-state index in [1.165, 1.54) is 63.5 Å². The number of fused-ring (bicyclic) bond motifs is 1. The van der Waals surface area contributed by atoms with Gasteiger partial charge in [-0.25, -0.2) is 16.3 Å². The van der Waals surface area contributed by atoms with Crippen molar-refractivity contribution in [3.8, 4) is 6.07 Å². The Balaban J connectivity index is 0.739. The number of hydrogen-bond acceptors (Lipinski definition) is 13. The molecule has 7 fully saturated rings. The van der Waals surface area contributed by atoms with Crippen molar-refractivity contribution in [2.75, 3.05) is 33.4 Å². The lowest BCUT2D eigenvalue weighted by Gasteiger charge is -2.43. The Morgan fingerprint density at radius 3 is 2.36 bits per heavy atom. The van der Waals surface area contributed by atoms with Crippen LogP contribution in [0.4, 0.5) is 13.2 Å². The van der Waals surface area contributed by atoms with Crippen LogP contribution in [0, 0.1) is 52.3 Å². The molecule has 0 radical (unpaired) electrons. The molecule has 4 aliphatic heterocycles. The number of nitrogens with one attached hydrogen (secondary N) is 6. The van der Waals surface area contributed by atoms with Crippen LogP contribution in [0.1, 0.15) is 136 Å². The third-order valence-corrected chi connectivity index (χ3v) is 18.7. The number of ether oxygens (including phenoxy) is 3. The second-order valence-corrected chi connectivity index (χ2v) is 22.6. The standard InChI is InChI=1S/C47H78F3N9O4S/c1-5-52-58-43-38(26-61-4)54-42(41-28(2)29(3)64-45(41)55-43)32-8-6-30(7-9-32)31-18-20-46(21-19-31)22-23-59(27-46)40-17-16-37(56-57-40)44(60)53-34-11-14-35(15-12-34)62-36-13-10-33(25-51)39(24-36)63-47(48,49)50/h28-41,43,45,52,55-58H,5-24,26-27H2,1-4H3,(H,53,60)/t28?,29?,30?,31?,32?,33?,34?,35?,36?,37?,38-,39?,40?,41?,43?,45?,46?/m0/s1. The summed E-state index contributed by atoms with van der Waals surface area (Å²) in [7, 11) is 1.79. The summed E-state index contributed by atoms with van der Waals surface area (Å²) in [6.45, 7) is 10.7. The molecule has 4 saturated carbocycles. The molecule has 1 spiro atoms. The Morgan fingerprint density at radius 2 is 1.69 bits per heavy atom. The van der Waals surface area contributed by atoms with Gasteiger partial charge in [0.05, 0.1) is 54.6 Å². The minimum Gasteiger partial charge on any atom is -0.382 e. The third kappa shape index (κ3) is 11.8. The number of likely N-dealkylation sites (tertiary alicyclic amines) is 1. The van der Waals surface area contributed by atoms with Gasteiger partial charge in [0, 0.05) is 56.1 Å². The molecule has 0 aromatic rings. The van der Waals surface area contributed by atoms with Gasteiger partial charge in [-0.15, -0.1) is 24.9 Å². The smallest absolute Gasteiger partial charge is 0.382 e. The third-order valence-electron chi connectivity index (χ3n) is 17.1. The first-order chi connectivity index (χ1) is 30.8. The van der Waals surface area contributed by atoms with E-state index in [2.05, 4.69) is 74.5 Å². The Hall–Kier alpha value is -1.59. The summed E-state index contributed by atoms with van der Waals surface area (Å²) in [4.78, 5) is 21.6. The first-order valence-electron chi connectivity index (χ1n) is 25.2. The second kappa shape index (κ2) is 21.8. The van der Waals surface area contributed by atoms with E-state index in [9.17, 15) is 23.2 Å². The zero-order chi connectivity index (χ0) is 45.0. The average Bonchev–Trinajstić information content (AvgIpc) is 3.77. The number of aliphatic imine (C=N–C) groups is 1. The highest BCUT2D eigenvalue weighted by atomic mass is 32.2. The highest BCUT2D eigenvalue weighted by Gasteiger charge is 2.49. The van der Waals surface area contributed by atoms with Crippen LogP contribution in [0.25, 0.3) is 0 Å². The first-order valence-corrected chi connectivity index (χ1v) is 26.1. The minimum absolute atomic E-state index is 0.0221. The fourth-order valence-corrected chi connectivity index (χ4v) is 14.9. The molecule has 362 valence electrons. The largest absolute Gasteiger partial charge is 0.522 e. The molecule has 4 aliphatic carbocycles. The number of nitriles is 1. The van der Waals surface area contributed by atoms with Crippen LogP contribution in [-0.2, 0) is 19.0 Å². The van der Waals surface area contributed by atoms with Gasteiger partial charge < -0.3 is 14.8 Å². The molecule has 8 aliphatic rings. The van der Waals surface area contributed by atoms with Crippen molar-refractivity contribution in [1.82, 2.24) is 37.2 Å². The van der Waals surface area contributed by atoms with Crippen molar-refractivity contribution in [2.45, 2.75) is 202 Å². The van der Waals surface area contributed by atoms with Crippen LogP contribution >= 0.6 is 11.8 Å². The summed E-state index contributed by atoms with van der Waals surface area (Å²) in [6, 6.07) is 1.78. The van der Waals surface area contributed by atoms with E-state index in [-0.39, 0.29) is 55.0 Å². The molecule has 13 nitrogen and oxygen atoms in total. The van der Waals surface area contributed by atoms with Gasteiger partial charge in [-0.05, 0) is 138 Å². The van der Waals surface area contributed by atoms with Gasteiger partial charge in [0.2, 0.25) is 5.91 Å². The maximum Gasteiger partial charge on any atom is 0.522 e. The van der Waals surface area contributed by atoms with E-state index in [1.807, 2.05) is 6.07 Å². The van der Waals surface area contributed by atoms with Crippen molar-refractivity contribution in [3.05, 3.63) is 0 Å². The van der Waals surface area contributed by atoms with Crippen molar-refractivity contribution in [3.63, 3.8) is 0 Å². The van der Waals surface area contributed by atoms with E-state index in [1.54, 1.807) is 7.11 Å². The average molecular weight is 922 g/mol. The number of methoxy groups -OCH3 is 1. The minimum atomic E-state index is -4.77. The van der Waals surface area contributed by atoms with Gasteiger partial charge in [0.15, 0.2) is 0 Å². The van der Waals surface area contributed by atoms with Crippen molar-refractivity contribution < 1.29 is 32.2 Å². The summed E-state index contributed by atoms with van der Waals surface area (Å²) in [5.41, 5.74) is 15.7. The maximum atomic E-state index is 13.4. The number of carbonyl (C=O) groups is 1. The highest BCUT2D eigenvalue weighted by molar-refractivity contribution is 8.00. The van der Waals surface area contributed by atoms with E-state index in [0.717, 1.165) is 70.0 Å². The topological polar surface area (TPSA) is 156 Å². The van der Waals surface area contributed by atoms with E-state index in [4.69, 9.17) is 14.5 Å². The van der Waals surface area contributed by atoms with E-state index in [0.29, 0.717) is 53.2 Å². The van der Waals surface area contributed by atoms with Crippen LogP contribution in [0.2, 0.25) is 0 Å². The predicted molar refractivity (Wildman–Crippen MR) is 242 cm³/mol. The zero-order valence-electron chi connectivity index (χ0n) is 38.8. The van der Waals surface area contributed by atoms with Gasteiger partial charge >= 0.3 is 6.36 Å². The van der Waals surface area contributed by atoms with Crippen LogP contribution in [0.3, 0.4) is 0 Å². The second-order valence-electron chi connectivity index (χ2n) is 21.0. The summed E-state index contributed by atoms with van der Waals surface area (Å²) in [5.74, 6) is 2.53. The molecule has 17 heteroatoms. The fraction of sp³-hybridized carbons (Fsp3) is 0.936. The SMILES string of the molecule is CCNNC1NC2SC(C)C(C)C2C(C2CCC(C3CCC4(CC3)CCN(C3CCC(C(=O)NC5CCC(OC6CCC(C#N)C(OC(F)(F)F)C6)CC5)NN3)C4)CC2)=N[C@H]1COC. The zero-order valence-corrected chi connectivity index (χ0v) is 39.6. The molecule has 64 heavy (non-hydrogen) atoms. The number of thioether (sulfide) groups is 1. The van der Waals surface area contributed by atoms with E-state index >= 15 is 0 Å². The molecule has 0 aromatic heterocycles. The van der Waals surface area contributed by atoms with Crippen molar-refractivity contribution >= 4 is 23.4 Å². The van der Waals surface area contributed by atoms with Crippen molar-refractivity contribution in [1.29, 1.82) is 5.26 Å². The number of halogens is 3. The van der Waals surface area contributed by atoms with Gasteiger partial charge in [0.1, 0.15) is 12.1 Å². The lowest BCUT2D eigenvalue weighted by molar-refractivity contribution is -0.351. The molecule has 0 bridgehead atoms. The molecule has 10 unspecified atom stereocenters. The normalized spacial score (nSPS) is 43.6. The van der Waals surface area contributed by atoms with Crippen LogP contribution in [0.15, 0.2) is 4.99 Å². The summed E-state index contributed by atoms with van der Waals surface area (Å²) in [5, 5.41) is 17.5. The van der Waals surface area contributed by atoms with E-state index < -0.39 is 18.4 Å². The summed E-state index contributed by atoms with van der Waals surface area (Å²) >= 11 is 2.09. The number of rotatable bonds is 13. The number of hydrogen-bond donors (Lipinski definition) is 6. The lowest BCUT2D eigenvalue weighted by atomic mass is 9.63.